The smallest absolute Gasteiger partial charge is 0.292 e. The van der Waals surface area contributed by atoms with E-state index >= 15 is 0 Å². The fourth-order valence-corrected chi connectivity index (χ4v) is 2.03. The first-order chi connectivity index (χ1) is 9.63. The van der Waals surface area contributed by atoms with Crippen LogP contribution in [0.3, 0.4) is 0 Å². The van der Waals surface area contributed by atoms with Crippen molar-refractivity contribution in [3.05, 3.63) is 68.6 Å². The van der Waals surface area contributed by atoms with Crippen molar-refractivity contribution >= 4 is 11.4 Å². The van der Waals surface area contributed by atoms with Gasteiger partial charge in [-0.3, -0.25) is 14.9 Å². The number of hydrogen-bond acceptors (Lipinski definition) is 4. The molecular weight excluding hydrogens is 258 g/mol. The molecule has 0 aliphatic carbocycles. The van der Waals surface area contributed by atoms with E-state index < -0.39 is 4.92 Å². The molecule has 0 aliphatic rings. The summed E-state index contributed by atoms with van der Waals surface area (Å²) >= 11 is 0. The molecule has 2 aromatic rings. The number of aromatic nitrogens is 1. The number of hydrogen-bond donors (Lipinski definition) is 1. The normalized spacial score (nSPS) is 10.2. The van der Waals surface area contributed by atoms with Gasteiger partial charge in [-0.05, 0) is 13.0 Å². The molecular formula is C14H15N3O3. The van der Waals surface area contributed by atoms with Gasteiger partial charge in [0.2, 0.25) is 0 Å². The Hall–Kier alpha value is -2.63. The van der Waals surface area contributed by atoms with Crippen LogP contribution in [0.4, 0.5) is 11.4 Å². The van der Waals surface area contributed by atoms with Gasteiger partial charge in [-0.2, -0.15) is 0 Å². The summed E-state index contributed by atoms with van der Waals surface area (Å²) in [5.41, 5.74) is 1.07. The first kappa shape index (κ1) is 13.8. The van der Waals surface area contributed by atoms with Gasteiger partial charge in [-0.1, -0.05) is 18.2 Å². The first-order valence-electron chi connectivity index (χ1n) is 6.29. The third-order valence-corrected chi connectivity index (χ3v) is 2.92. The first-order valence-corrected chi connectivity index (χ1v) is 6.29. The van der Waals surface area contributed by atoms with E-state index in [4.69, 9.17) is 0 Å². The Bertz CT molecular complexity index is 679. The quantitative estimate of drug-likeness (QED) is 0.669. The zero-order chi connectivity index (χ0) is 14.5. The van der Waals surface area contributed by atoms with Gasteiger partial charge in [0.05, 0.1) is 11.5 Å². The van der Waals surface area contributed by atoms with Gasteiger partial charge >= 0.3 is 0 Å². The molecule has 0 fully saturated rings. The molecule has 104 valence electrons. The lowest BCUT2D eigenvalue weighted by Crippen LogP contribution is -2.19. The maximum Gasteiger partial charge on any atom is 0.292 e. The van der Waals surface area contributed by atoms with E-state index in [1.165, 1.54) is 16.7 Å². The Morgan fingerprint density at radius 3 is 2.70 bits per heavy atom. The molecule has 0 radical (unpaired) electrons. The summed E-state index contributed by atoms with van der Waals surface area (Å²) in [5.74, 6) is 0. The number of para-hydroxylation sites is 1. The average Bonchev–Trinajstić information content (AvgIpc) is 2.43. The second kappa shape index (κ2) is 6.01. The predicted octanol–water partition coefficient (Wildman–Crippen LogP) is 2.24. The van der Waals surface area contributed by atoms with Crippen molar-refractivity contribution in [1.29, 1.82) is 0 Å². The molecule has 0 aliphatic heterocycles. The topological polar surface area (TPSA) is 77.2 Å². The Kier molecular flexibility index (Phi) is 4.14. The third-order valence-electron chi connectivity index (χ3n) is 2.92. The number of pyridine rings is 1. The summed E-state index contributed by atoms with van der Waals surface area (Å²) in [4.78, 5) is 22.4. The van der Waals surface area contributed by atoms with Crippen molar-refractivity contribution in [3.63, 3.8) is 0 Å². The number of nitro groups is 1. The number of nitrogens with one attached hydrogen (secondary N) is 1. The van der Waals surface area contributed by atoms with E-state index in [1.54, 1.807) is 30.5 Å². The molecule has 20 heavy (non-hydrogen) atoms. The molecule has 1 N–H and O–H groups in total. The highest BCUT2D eigenvalue weighted by Crippen LogP contribution is 2.28. The molecule has 0 amide bonds. The molecule has 0 saturated carbocycles. The minimum Gasteiger partial charge on any atom is -0.379 e. The number of benzene rings is 1. The third kappa shape index (κ3) is 2.85. The Morgan fingerprint density at radius 2 is 2.05 bits per heavy atom. The Labute approximate surface area is 115 Å². The molecule has 0 spiro atoms. The maximum absolute atomic E-state index is 11.7. The van der Waals surface area contributed by atoms with Gasteiger partial charge in [0, 0.05) is 30.4 Å². The molecule has 0 saturated heterocycles. The number of nitro benzene ring substituents is 1. The summed E-state index contributed by atoms with van der Waals surface area (Å²) < 4.78 is 1.51. The van der Waals surface area contributed by atoms with Gasteiger partial charge in [0.1, 0.15) is 5.69 Å². The SMILES string of the molecule is CCNc1c(Cn2ccccc2=O)cccc1[N+](=O)[O-]. The van der Waals surface area contributed by atoms with Crippen molar-refractivity contribution in [2.24, 2.45) is 0 Å². The van der Waals surface area contributed by atoms with Crippen LogP contribution in [0.2, 0.25) is 0 Å². The van der Waals surface area contributed by atoms with Crippen LogP contribution in [-0.2, 0) is 6.54 Å². The molecule has 6 nitrogen and oxygen atoms in total. The average molecular weight is 273 g/mol. The van der Waals surface area contributed by atoms with Crippen LogP contribution in [0, 0.1) is 10.1 Å². The van der Waals surface area contributed by atoms with Crippen LogP contribution in [0.15, 0.2) is 47.4 Å². The number of anilines is 1. The Balaban J connectivity index is 2.46. The Morgan fingerprint density at radius 1 is 1.25 bits per heavy atom. The van der Waals surface area contributed by atoms with E-state index in [0.29, 0.717) is 24.3 Å². The van der Waals surface area contributed by atoms with E-state index in [0.717, 1.165) is 0 Å². The van der Waals surface area contributed by atoms with Crippen LogP contribution < -0.4 is 10.9 Å². The lowest BCUT2D eigenvalue weighted by atomic mass is 10.1. The molecule has 2 rings (SSSR count). The largest absolute Gasteiger partial charge is 0.379 e. The molecule has 1 aromatic carbocycles. The maximum atomic E-state index is 11.7. The second-order valence-electron chi connectivity index (χ2n) is 4.27. The molecule has 0 atom stereocenters. The van der Waals surface area contributed by atoms with Gasteiger partial charge in [-0.25, -0.2) is 0 Å². The summed E-state index contributed by atoms with van der Waals surface area (Å²) in [6.07, 6.45) is 1.66. The molecule has 1 aromatic heterocycles. The molecule has 0 unspecified atom stereocenters. The zero-order valence-electron chi connectivity index (χ0n) is 11.1. The number of rotatable bonds is 5. The van der Waals surface area contributed by atoms with Crippen LogP contribution in [0.1, 0.15) is 12.5 Å². The highest BCUT2D eigenvalue weighted by atomic mass is 16.6. The van der Waals surface area contributed by atoms with Crippen LogP contribution in [-0.4, -0.2) is 16.0 Å². The van der Waals surface area contributed by atoms with Gasteiger partial charge in [0.25, 0.3) is 11.2 Å². The fourth-order valence-electron chi connectivity index (χ4n) is 2.03. The van der Waals surface area contributed by atoms with Gasteiger partial charge in [0.15, 0.2) is 0 Å². The van der Waals surface area contributed by atoms with Crippen molar-refractivity contribution in [2.45, 2.75) is 13.5 Å². The summed E-state index contributed by atoms with van der Waals surface area (Å²) in [6.45, 7) is 2.74. The minimum absolute atomic E-state index is 0.0216. The lowest BCUT2D eigenvalue weighted by Gasteiger charge is -2.12. The monoisotopic (exact) mass is 273 g/mol. The van der Waals surface area contributed by atoms with Gasteiger partial charge in [-0.15, -0.1) is 0 Å². The van der Waals surface area contributed by atoms with Crippen molar-refractivity contribution in [1.82, 2.24) is 4.57 Å². The van der Waals surface area contributed by atoms with Crippen LogP contribution >= 0.6 is 0 Å². The standard InChI is InChI=1S/C14H15N3O3/c1-2-15-14-11(6-5-7-12(14)17(19)20)10-16-9-4-3-8-13(16)18/h3-9,15H,2,10H2,1H3. The van der Waals surface area contributed by atoms with E-state index in [2.05, 4.69) is 5.32 Å². The van der Waals surface area contributed by atoms with Crippen LogP contribution in [0.5, 0.6) is 0 Å². The fraction of sp³-hybridized carbons (Fsp3) is 0.214. The van der Waals surface area contributed by atoms with E-state index in [-0.39, 0.29) is 11.2 Å². The van der Waals surface area contributed by atoms with Crippen molar-refractivity contribution in [3.8, 4) is 0 Å². The zero-order valence-corrected chi connectivity index (χ0v) is 11.1. The van der Waals surface area contributed by atoms with Crippen molar-refractivity contribution < 1.29 is 4.92 Å². The van der Waals surface area contributed by atoms with Gasteiger partial charge < -0.3 is 9.88 Å². The second-order valence-corrected chi connectivity index (χ2v) is 4.27. The number of nitrogens with zero attached hydrogens (tertiary/aromatic N) is 2. The predicted molar refractivity (Wildman–Crippen MR) is 77.1 cm³/mol. The molecule has 6 heteroatoms. The summed E-state index contributed by atoms with van der Waals surface area (Å²) in [5, 5.41) is 14.1. The highest BCUT2D eigenvalue weighted by molar-refractivity contribution is 5.66. The summed E-state index contributed by atoms with van der Waals surface area (Å²) in [6, 6.07) is 9.75. The molecule has 0 bridgehead atoms. The van der Waals surface area contributed by atoms with Crippen LogP contribution in [0.25, 0.3) is 0 Å². The molecule has 1 heterocycles. The van der Waals surface area contributed by atoms with Crippen molar-refractivity contribution in [2.75, 3.05) is 11.9 Å². The lowest BCUT2D eigenvalue weighted by molar-refractivity contribution is -0.384. The van der Waals surface area contributed by atoms with E-state index in [1.807, 2.05) is 6.92 Å². The minimum atomic E-state index is -0.421. The highest BCUT2D eigenvalue weighted by Gasteiger charge is 2.16. The van der Waals surface area contributed by atoms with E-state index in [9.17, 15) is 14.9 Å². The summed E-state index contributed by atoms with van der Waals surface area (Å²) in [7, 11) is 0.